The molecule has 0 amide bonds. The van der Waals surface area contributed by atoms with Crippen LogP contribution in [0, 0.1) is 0 Å². The quantitative estimate of drug-likeness (QED) is 0.672. The Kier molecular flexibility index (Phi) is 6.29. The maximum Gasteiger partial charge on any atom is 0.307 e. The molecule has 1 aromatic carbocycles. The smallest absolute Gasteiger partial charge is 0.307 e. The van der Waals surface area contributed by atoms with Crippen LogP contribution in [0.2, 0.25) is 0 Å². The maximum atomic E-state index is 10.5. The summed E-state index contributed by atoms with van der Waals surface area (Å²) >= 11 is 0. The van der Waals surface area contributed by atoms with Gasteiger partial charge in [-0.15, -0.1) is 0 Å². The van der Waals surface area contributed by atoms with Gasteiger partial charge in [-0.05, 0) is 18.1 Å². The summed E-state index contributed by atoms with van der Waals surface area (Å²) in [5, 5.41) is 11.9. The summed E-state index contributed by atoms with van der Waals surface area (Å²) in [6.07, 6.45) is 0.0814. The summed E-state index contributed by atoms with van der Waals surface area (Å²) < 4.78 is 5.21. The zero-order valence-corrected chi connectivity index (χ0v) is 10.1. The summed E-state index contributed by atoms with van der Waals surface area (Å²) in [5.41, 5.74) is 1.98. The van der Waals surface area contributed by atoms with Crippen molar-refractivity contribution in [2.24, 2.45) is 0 Å². The van der Waals surface area contributed by atoms with Crippen LogP contribution in [-0.4, -0.2) is 30.8 Å². The van der Waals surface area contributed by atoms with E-state index in [9.17, 15) is 4.79 Å². The SMILES string of the molecule is CCOCCNCc1ccc(CC(=O)O)cc1. The van der Waals surface area contributed by atoms with Crippen molar-refractivity contribution >= 4 is 5.97 Å². The molecule has 1 aromatic rings. The molecule has 0 saturated carbocycles. The molecule has 1 rings (SSSR count). The number of nitrogens with one attached hydrogen (secondary N) is 1. The molecule has 0 aliphatic carbocycles. The van der Waals surface area contributed by atoms with Crippen molar-refractivity contribution < 1.29 is 14.6 Å². The lowest BCUT2D eigenvalue weighted by molar-refractivity contribution is -0.136. The van der Waals surface area contributed by atoms with E-state index in [1.54, 1.807) is 0 Å². The van der Waals surface area contributed by atoms with Gasteiger partial charge in [0.15, 0.2) is 0 Å². The van der Waals surface area contributed by atoms with Crippen molar-refractivity contribution in [1.29, 1.82) is 0 Å². The van der Waals surface area contributed by atoms with Crippen LogP contribution in [-0.2, 0) is 22.5 Å². The van der Waals surface area contributed by atoms with Crippen LogP contribution in [0.5, 0.6) is 0 Å². The lowest BCUT2D eigenvalue weighted by atomic mass is 10.1. The predicted octanol–water partition coefficient (Wildman–Crippen LogP) is 1.44. The highest BCUT2D eigenvalue weighted by molar-refractivity contribution is 5.70. The van der Waals surface area contributed by atoms with Gasteiger partial charge in [-0.2, -0.15) is 0 Å². The van der Waals surface area contributed by atoms with E-state index in [1.165, 1.54) is 0 Å². The molecule has 0 unspecified atom stereocenters. The van der Waals surface area contributed by atoms with Gasteiger partial charge in [0.1, 0.15) is 0 Å². The Morgan fingerprint density at radius 3 is 2.53 bits per heavy atom. The normalized spacial score (nSPS) is 10.4. The van der Waals surface area contributed by atoms with Gasteiger partial charge in [0.25, 0.3) is 0 Å². The molecule has 0 saturated heterocycles. The Morgan fingerprint density at radius 1 is 1.29 bits per heavy atom. The first-order chi connectivity index (χ1) is 8.22. The lowest BCUT2D eigenvalue weighted by Gasteiger charge is -2.05. The zero-order valence-electron chi connectivity index (χ0n) is 10.1. The molecule has 0 fully saturated rings. The molecule has 4 nitrogen and oxygen atoms in total. The monoisotopic (exact) mass is 237 g/mol. The number of carboxylic acid groups (broad SMARTS) is 1. The third-order valence-corrected chi connectivity index (χ3v) is 2.33. The maximum absolute atomic E-state index is 10.5. The number of aliphatic carboxylic acids is 1. The highest BCUT2D eigenvalue weighted by Gasteiger charge is 1.99. The van der Waals surface area contributed by atoms with E-state index in [2.05, 4.69) is 5.32 Å². The number of benzene rings is 1. The predicted molar refractivity (Wildman–Crippen MR) is 66.0 cm³/mol. The summed E-state index contributed by atoms with van der Waals surface area (Å²) in [5.74, 6) is -0.799. The topological polar surface area (TPSA) is 58.6 Å². The molecular weight excluding hydrogens is 218 g/mol. The van der Waals surface area contributed by atoms with Gasteiger partial charge >= 0.3 is 5.97 Å². The number of ether oxygens (including phenoxy) is 1. The molecule has 0 heterocycles. The fourth-order valence-electron chi connectivity index (χ4n) is 1.47. The van der Waals surface area contributed by atoms with Gasteiger partial charge in [0.2, 0.25) is 0 Å². The van der Waals surface area contributed by atoms with Crippen molar-refractivity contribution in [3.05, 3.63) is 35.4 Å². The van der Waals surface area contributed by atoms with Gasteiger partial charge in [-0.3, -0.25) is 4.79 Å². The van der Waals surface area contributed by atoms with Crippen molar-refractivity contribution in [1.82, 2.24) is 5.32 Å². The molecule has 17 heavy (non-hydrogen) atoms. The van der Waals surface area contributed by atoms with E-state index < -0.39 is 5.97 Å². The Bertz CT molecular complexity index is 335. The second kappa shape index (κ2) is 7.81. The van der Waals surface area contributed by atoms with Crippen molar-refractivity contribution in [2.75, 3.05) is 19.8 Å². The molecular formula is C13H19NO3. The van der Waals surface area contributed by atoms with Gasteiger partial charge in [0, 0.05) is 19.7 Å². The van der Waals surface area contributed by atoms with E-state index in [0.29, 0.717) is 6.61 Å². The molecule has 94 valence electrons. The lowest BCUT2D eigenvalue weighted by Crippen LogP contribution is -2.19. The molecule has 2 N–H and O–H groups in total. The molecule has 4 heteroatoms. The first-order valence-electron chi connectivity index (χ1n) is 5.80. The summed E-state index contributed by atoms with van der Waals surface area (Å²) in [4.78, 5) is 10.5. The average Bonchev–Trinajstić information content (AvgIpc) is 2.30. The van der Waals surface area contributed by atoms with E-state index in [-0.39, 0.29) is 6.42 Å². The highest BCUT2D eigenvalue weighted by Crippen LogP contribution is 2.05. The minimum absolute atomic E-state index is 0.0814. The number of hydrogen-bond donors (Lipinski definition) is 2. The second-order valence-electron chi connectivity index (χ2n) is 3.76. The molecule has 0 aliphatic rings. The molecule has 0 atom stereocenters. The second-order valence-corrected chi connectivity index (χ2v) is 3.76. The number of carboxylic acids is 1. The van der Waals surface area contributed by atoms with E-state index in [4.69, 9.17) is 9.84 Å². The Balaban J connectivity index is 2.28. The van der Waals surface area contributed by atoms with Crippen LogP contribution < -0.4 is 5.32 Å². The Morgan fingerprint density at radius 2 is 1.94 bits per heavy atom. The first kappa shape index (κ1) is 13.7. The van der Waals surface area contributed by atoms with Crippen LogP contribution in [0.1, 0.15) is 18.1 Å². The van der Waals surface area contributed by atoms with Crippen molar-refractivity contribution in [2.45, 2.75) is 19.9 Å². The average molecular weight is 237 g/mol. The molecule has 0 spiro atoms. The summed E-state index contributed by atoms with van der Waals surface area (Å²) in [6, 6.07) is 7.61. The van der Waals surface area contributed by atoms with Gasteiger partial charge < -0.3 is 15.2 Å². The zero-order chi connectivity index (χ0) is 12.5. The van der Waals surface area contributed by atoms with Crippen LogP contribution in [0.25, 0.3) is 0 Å². The number of carbonyl (C=O) groups is 1. The summed E-state index contributed by atoms with van der Waals surface area (Å²) in [7, 11) is 0. The van der Waals surface area contributed by atoms with E-state index in [1.807, 2.05) is 31.2 Å². The number of hydrogen-bond acceptors (Lipinski definition) is 3. The first-order valence-corrected chi connectivity index (χ1v) is 5.80. The van der Waals surface area contributed by atoms with Crippen molar-refractivity contribution in [3.8, 4) is 0 Å². The van der Waals surface area contributed by atoms with Gasteiger partial charge in [0.05, 0.1) is 13.0 Å². The van der Waals surface area contributed by atoms with Gasteiger partial charge in [-0.25, -0.2) is 0 Å². The third-order valence-electron chi connectivity index (χ3n) is 2.33. The Hall–Kier alpha value is -1.39. The standard InChI is InChI=1S/C13H19NO3/c1-2-17-8-7-14-10-12-5-3-11(4-6-12)9-13(15)16/h3-6,14H,2,7-10H2,1H3,(H,15,16). The third kappa shape index (κ3) is 6.04. The van der Waals surface area contributed by atoms with Crippen LogP contribution in [0.15, 0.2) is 24.3 Å². The largest absolute Gasteiger partial charge is 0.481 e. The minimum atomic E-state index is -0.799. The fourth-order valence-corrected chi connectivity index (χ4v) is 1.47. The number of rotatable bonds is 8. The van der Waals surface area contributed by atoms with Gasteiger partial charge in [-0.1, -0.05) is 24.3 Å². The van der Waals surface area contributed by atoms with Crippen molar-refractivity contribution in [3.63, 3.8) is 0 Å². The minimum Gasteiger partial charge on any atom is -0.481 e. The molecule has 0 aromatic heterocycles. The molecule has 0 radical (unpaired) electrons. The molecule has 0 aliphatic heterocycles. The highest BCUT2D eigenvalue weighted by atomic mass is 16.5. The fraction of sp³-hybridized carbons (Fsp3) is 0.462. The summed E-state index contributed by atoms with van der Waals surface area (Å²) in [6.45, 7) is 5.03. The Labute approximate surface area is 102 Å². The van der Waals surface area contributed by atoms with Crippen LogP contribution in [0.4, 0.5) is 0 Å². The van der Waals surface area contributed by atoms with E-state index in [0.717, 1.165) is 30.8 Å². The van der Waals surface area contributed by atoms with E-state index >= 15 is 0 Å². The van der Waals surface area contributed by atoms with Crippen LogP contribution >= 0.6 is 0 Å². The molecule has 0 bridgehead atoms. The van der Waals surface area contributed by atoms with Crippen LogP contribution in [0.3, 0.4) is 0 Å².